The van der Waals surface area contributed by atoms with Crippen LogP contribution in [0.3, 0.4) is 0 Å². The summed E-state index contributed by atoms with van der Waals surface area (Å²) in [4.78, 5) is 0. The van der Waals surface area contributed by atoms with Gasteiger partial charge in [0.2, 0.25) is 15.9 Å². The molecule has 1 N–H and O–H groups in total. The molecule has 0 bridgehead atoms. The SMILES string of the molecule is CCCOc1ccc(-c2ccc(NS(=O)(=O)CCC)cc2)nn1. The van der Waals surface area contributed by atoms with Crippen molar-refractivity contribution in [3.8, 4) is 17.1 Å². The van der Waals surface area contributed by atoms with Crippen molar-refractivity contribution in [1.29, 1.82) is 0 Å². The molecule has 2 rings (SSSR count). The Bertz CT molecular complexity index is 713. The molecule has 1 aromatic carbocycles. The van der Waals surface area contributed by atoms with Gasteiger partial charge in [0.1, 0.15) is 0 Å². The smallest absolute Gasteiger partial charge is 0.233 e. The first-order valence-corrected chi connectivity index (χ1v) is 9.26. The van der Waals surface area contributed by atoms with Crippen LogP contribution in [0.1, 0.15) is 26.7 Å². The Morgan fingerprint density at radius 1 is 1.00 bits per heavy atom. The first-order chi connectivity index (χ1) is 11.0. The minimum atomic E-state index is -3.27. The fourth-order valence-corrected chi connectivity index (χ4v) is 3.10. The average Bonchev–Trinajstić information content (AvgIpc) is 2.54. The molecule has 7 heteroatoms. The van der Waals surface area contributed by atoms with Gasteiger partial charge in [0.25, 0.3) is 0 Å². The molecule has 0 amide bonds. The van der Waals surface area contributed by atoms with E-state index in [4.69, 9.17) is 4.74 Å². The zero-order chi connectivity index (χ0) is 16.7. The van der Waals surface area contributed by atoms with Crippen molar-refractivity contribution in [2.24, 2.45) is 0 Å². The van der Waals surface area contributed by atoms with Crippen molar-refractivity contribution in [3.05, 3.63) is 36.4 Å². The van der Waals surface area contributed by atoms with Gasteiger partial charge in [0, 0.05) is 17.3 Å². The first-order valence-electron chi connectivity index (χ1n) is 7.61. The van der Waals surface area contributed by atoms with Crippen molar-refractivity contribution in [3.63, 3.8) is 0 Å². The van der Waals surface area contributed by atoms with E-state index in [0.29, 0.717) is 30.3 Å². The van der Waals surface area contributed by atoms with E-state index in [0.717, 1.165) is 12.0 Å². The molecule has 1 aromatic heterocycles. The summed E-state index contributed by atoms with van der Waals surface area (Å²) >= 11 is 0. The highest BCUT2D eigenvalue weighted by Crippen LogP contribution is 2.21. The Morgan fingerprint density at radius 3 is 2.30 bits per heavy atom. The quantitative estimate of drug-likeness (QED) is 0.802. The van der Waals surface area contributed by atoms with E-state index in [9.17, 15) is 8.42 Å². The predicted molar refractivity (Wildman–Crippen MR) is 91.0 cm³/mol. The summed E-state index contributed by atoms with van der Waals surface area (Å²) < 4.78 is 31.4. The number of sulfonamides is 1. The Labute approximate surface area is 137 Å². The molecule has 0 radical (unpaired) electrons. The van der Waals surface area contributed by atoms with Gasteiger partial charge in [-0.3, -0.25) is 4.72 Å². The Morgan fingerprint density at radius 2 is 1.74 bits per heavy atom. The van der Waals surface area contributed by atoms with Gasteiger partial charge in [-0.05, 0) is 31.0 Å². The lowest BCUT2D eigenvalue weighted by Crippen LogP contribution is -2.15. The largest absolute Gasteiger partial charge is 0.477 e. The molecule has 0 atom stereocenters. The number of rotatable bonds is 8. The molecule has 0 aliphatic heterocycles. The van der Waals surface area contributed by atoms with Gasteiger partial charge in [-0.2, -0.15) is 0 Å². The molecular weight excluding hydrogens is 314 g/mol. The molecule has 0 saturated heterocycles. The highest BCUT2D eigenvalue weighted by molar-refractivity contribution is 7.92. The van der Waals surface area contributed by atoms with Gasteiger partial charge in [0.15, 0.2) is 0 Å². The average molecular weight is 335 g/mol. The van der Waals surface area contributed by atoms with Gasteiger partial charge in [0.05, 0.1) is 18.1 Å². The maximum absolute atomic E-state index is 11.7. The number of aromatic nitrogens is 2. The van der Waals surface area contributed by atoms with E-state index >= 15 is 0 Å². The summed E-state index contributed by atoms with van der Waals surface area (Å²) in [5.41, 5.74) is 2.10. The van der Waals surface area contributed by atoms with Crippen molar-refractivity contribution in [2.75, 3.05) is 17.1 Å². The van der Waals surface area contributed by atoms with E-state index < -0.39 is 10.0 Å². The number of anilines is 1. The maximum Gasteiger partial charge on any atom is 0.233 e. The first kappa shape index (κ1) is 17.2. The maximum atomic E-state index is 11.7. The lowest BCUT2D eigenvalue weighted by atomic mass is 10.1. The fraction of sp³-hybridized carbons (Fsp3) is 0.375. The third-order valence-electron chi connectivity index (χ3n) is 3.02. The second-order valence-electron chi connectivity index (χ2n) is 5.10. The second kappa shape index (κ2) is 7.92. The Balaban J connectivity index is 2.07. The molecular formula is C16H21N3O3S. The summed E-state index contributed by atoms with van der Waals surface area (Å²) in [6.07, 6.45) is 1.49. The zero-order valence-corrected chi connectivity index (χ0v) is 14.1. The van der Waals surface area contributed by atoms with Gasteiger partial charge >= 0.3 is 0 Å². The molecule has 0 aliphatic carbocycles. The van der Waals surface area contributed by atoms with Crippen LogP contribution in [0.4, 0.5) is 5.69 Å². The molecule has 2 aromatic rings. The third-order valence-corrected chi connectivity index (χ3v) is 4.51. The Hall–Kier alpha value is -2.15. The second-order valence-corrected chi connectivity index (χ2v) is 6.95. The van der Waals surface area contributed by atoms with Gasteiger partial charge in [-0.15, -0.1) is 10.2 Å². The van der Waals surface area contributed by atoms with Gasteiger partial charge in [-0.1, -0.05) is 26.0 Å². The van der Waals surface area contributed by atoms with Crippen LogP contribution in [-0.2, 0) is 10.0 Å². The lowest BCUT2D eigenvalue weighted by Gasteiger charge is -2.08. The topological polar surface area (TPSA) is 81.2 Å². The van der Waals surface area contributed by atoms with Crippen LogP contribution in [0.15, 0.2) is 36.4 Å². The van der Waals surface area contributed by atoms with E-state index in [-0.39, 0.29) is 5.75 Å². The minimum absolute atomic E-state index is 0.111. The number of nitrogens with zero attached hydrogens (tertiary/aromatic N) is 2. The summed E-state index contributed by atoms with van der Waals surface area (Å²) in [5, 5.41) is 8.14. The number of ether oxygens (including phenoxy) is 1. The van der Waals surface area contributed by atoms with Crippen molar-refractivity contribution >= 4 is 15.7 Å². The van der Waals surface area contributed by atoms with Gasteiger partial charge < -0.3 is 4.74 Å². The number of hydrogen-bond donors (Lipinski definition) is 1. The lowest BCUT2D eigenvalue weighted by molar-refractivity contribution is 0.302. The van der Waals surface area contributed by atoms with Crippen LogP contribution in [0.5, 0.6) is 5.88 Å². The third kappa shape index (κ3) is 5.21. The van der Waals surface area contributed by atoms with Crippen LogP contribution in [0.2, 0.25) is 0 Å². The number of hydrogen-bond acceptors (Lipinski definition) is 5. The number of benzene rings is 1. The summed E-state index contributed by atoms with van der Waals surface area (Å²) in [6.45, 7) is 4.47. The molecule has 0 spiro atoms. The van der Waals surface area contributed by atoms with Crippen LogP contribution in [0, 0.1) is 0 Å². The van der Waals surface area contributed by atoms with Crippen molar-refractivity contribution in [2.45, 2.75) is 26.7 Å². The van der Waals surface area contributed by atoms with Crippen LogP contribution in [-0.4, -0.2) is 31.0 Å². The highest BCUT2D eigenvalue weighted by atomic mass is 32.2. The van der Waals surface area contributed by atoms with Gasteiger partial charge in [-0.25, -0.2) is 8.42 Å². The predicted octanol–water partition coefficient (Wildman–Crippen LogP) is 3.08. The van der Waals surface area contributed by atoms with E-state index in [2.05, 4.69) is 14.9 Å². The molecule has 1 heterocycles. The summed E-state index contributed by atoms with van der Waals surface area (Å²) in [5.74, 6) is 0.610. The summed E-state index contributed by atoms with van der Waals surface area (Å²) in [6, 6.07) is 10.6. The molecule has 6 nitrogen and oxygen atoms in total. The normalized spacial score (nSPS) is 11.2. The van der Waals surface area contributed by atoms with Crippen molar-refractivity contribution in [1.82, 2.24) is 10.2 Å². The van der Waals surface area contributed by atoms with E-state index in [1.165, 1.54) is 0 Å². The molecule has 0 aliphatic rings. The van der Waals surface area contributed by atoms with Crippen LogP contribution in [0.25, 0.3) is 11.3 Å². The molecule has 124 valence electrons. The monoisotopic (exact) mass is 335 g/mol. The zero-order valence-electron chi connectivity index (χ0n) is 13.3. The van der Waals surface area contributed by atoms with Crippen LogP contribution >= 0.6 is 0 Å². The number of nitrogens with one attached hydrogen (secondary N) is 1. The fourth-order valence-electron chi connectivity index (χ4n) is 1.97. The summed E-state index contributed by atoms with van der Waals surface area (Å²) in [7, 11) is -3.27. The molecule has 0 fully saturated rings. The Kier molecular flexibility index (Phi) is 5.92. The molecule has 0 unspecified atom stereocenters. The van der Waals surface area contributed by atoms with E-state index in [1.54, 1.807) is 30.3 Å². The highest BCUT2D eigenvalue weighted by Gasteiger charge is 2.09. The van der Waals surface area contributed by atoms with Crippen LogP contribution < -0.4 is 9.46 Å². The molecule has 0 saturated carbocycles. The van der Waals surface area contributed by atoms with Crippen molar-refractivity contribution < 1.29 is 13.2 Å². The van der Waals surface area contributed by atoms with E-state index in [1.807, 2.05) is 19.9 Å². The minimum Gasteiger partial charge on any atom is -0.477 e. The molecule has 23 heavy (non-hydrogen) atoms. The standard InChI is InChI=1S/C16H21N3O3S/c1-3-11-22-16-10-9-15(17-18-16)13-5-7-14(8-6-13)19-23(20,21)12-4-2/h5-10,19H,3-4,11-12H2,1-2H3.